The number of hydrogen-bond acceptors (Lipinski definition) is 2. The third-order valence-electron chi connectivity index (χ3n) is 3.88. The van der Waals surface area contributed by atoms with Crippen molar-refractivity contribution in [3.63, 3.8) is 0 Å². The first-order valence-electron chi connectivity index (χ1n) is 7.25. The second kappa shape index (κ2) is 6.35. The highest BCUT2D eigenvalue weighted by molar-refractivity contribution is 5.35. The Hall–Kier alpha value is -0.860. The van der Waals surface area contributed by atoms with Gasteiger partial charge in [0.15, 0.2) is 0 Å². The maximum atomic E-state index is 5.57. The summed E-state index contributed by atoms with van der Waals surface area (Å²) in [6, 6.07) is 7.20. The minimum Gasteiger partial charge on any atom is -0.330 e. The Labute approximate surface area is 111 Å². The second-order valence-corrected chi connectivity index (χ2v) is 5.76. The lowest BCUT2D eigenvalue weighted by Gasteiger charge is -2.28. The molecule has 0 atom stereocenters. The largest absolute Gasteiger partial charge is 0.330 e. The fourth-order valence-electron chi connectivity index (χ4n) is 2.46. The molecule has 2 nitrogen and oxygen atoms in total. The van der Waals surface area contributed by atoms with Crippen LogP contribution in [0.1, 0.15) is 55.2 Å². The predicted octanol–water partition coefficient (Wildman–Crippen LogP) is 2.78. The van der Waals surface area contributed by atoms with Gasteiger partial charge in [-0.3, -0.25) is 0 Å². The van der Waals surface area contributed by atoms with Crippen LogP contribution in [0.3, 0.4) is 0 Å². The smallest absolute Gasteiger partial charge is 0.00887 e. The van der Waals surface area contributed by atoms with Gasteiger partial charge in [-0.15, -0.1) is 0 Å². The first-order valence-corrected chi connectivity index (χ1v) is 7.25. The molecule has 0 bridgehead atoms. The molecule has 0 aromatic heterocycles. The van der Waals surface area contributed by atoms with E-state index >= 15 is 0 Å². The van der Waals surface area contributed by atoms with Crippen molar-refractivity contribution in [1.29, 1.82) is 0 Å². The van der Waals surface area contributed by atoms with Gasteiger partial charge >= 0.3 is 0 Å². The number of unbranched alkanes of at least 4 members (excludes halogenated alkanes) is 1. The summed E-state index contributed by atoms with van der Waals surface area (Å²) in [4.78, 5) is 0. The lowest BCUT2D eigenvalue weighted by Crippen LogP contribution is -2.39. The average molecular weight is 246 g/mol. The highest BCUT2D eigenvalue weighted by atomic mass is 14.9. The van der Waals surface area contributed by atoms with Gasteiger partial charge < -0.3 is 11.1 Å². The number of benzene rings is 1. The molecule has 0 saturated carbocycles. The van der Waals surface area contributed by atoms with Crippen molar-refractivity contribution in [3.05, 3.63) is 34.9 Å². The number of aryl methyl sites for hydroxylation is 1. The van der Waals surface area contributed by atoms with E-state index in [0.717, 1.165) is 32.0 Å². The van der Waals surface area contributed by atoms with Crippen molar-refractivity contribution < 1.29 is 0 Å². The normalized spacial score (nSPS) is 16.0. The van der Waals surface area contributed by atoms with Gasteiger partial charge in [-0.25, -0.2) is 0 Å². The molecule has 2 heteroatoms. The highest BCUT2D eigenvalue weighted by Gasteiger charge is 2.20. The zero-order valence-corrected chi connectivity index (χ0v) is 11.7. The van der Waals surface area contributed by atoms with Crippen LogP contribution in [0.5, 0.6) is 0 Å². The molecule has 3 N–H and O–H groups in total. The molecule has 1 aromatic carbocycles. The first-order chi connectivity index (χ1) is 8.70. The summed E-state index contributed by atoms with van der Waals surface area (Å²) in [6.45, 7) is 7.65. The monoisotopic (exact) mass is 246 g/mol. The predicted molar refractivity (Wildman–Crippen MR) is 78.1 cm³/mol. The summed E-state index contributed by atoms with van der Waals surface area (Å²) in [7, 11) is 0. The van der Waals surface area contributed by atoms with Gasteiger partial charge in [-0.2, -0.15) is 0 Å². The number of hydrogen-bond donors (Lipinski definition) is 2. The zero-order valence-electron chi connectivity index (χ0n) is 11.7. The van der Waals surface area contributed by atoms with Crippen LogP contribution >= 0.6 is 0 Å². The van der Waals surface area contributed by atoms with Crippen molar-refractivity contribution in [1.82, 2.24) is 5.32 Å². The van der Waals surface area contributed by atoms with E-state index < -0.39 is 0 Å². The van der Waals surface area contributed by atoms with E-state index in [1.165, 1.54) is 29.5 Å². The number of nitrogens with one attached hydrogen (secondary N) is 1. The minimum atomic E-state index is 0.617. The van der Waals surface area contributed by atoms with E-state index in [4.69, 9.17) is 5.73 Å². The molecule has 1 saturated heterocycles. The van der Waals surface area contributed by atoms with E-state index in [1.54, 1.807) is 0 Å². The van der Waals surface area contributed by atoms with E-state index in [2.05, 4.69) is 37.4 Å². The molecule has 0 radical (unpaired) electrons. The molecular formula is C16H26N2. The second-order valence-electron chi connectivity index (χ2n) is 5.76. The third kappa shape index (κ3) is 3.33. The summed E-state index contributed by atoms with van der Waals surface area (Å²) < 4.78 is 0. The van der Waals surface area contributed by atoms with Crippen molar-refractivity contribution in [3.8, 4) is 0 Å². The van der Waals surface area contributed by atoms with E-state index in [-0.39, 0.29) is 0 Å². The van der Waals surface area contributed by atoms with Crippen LogP contribution in [0.4, 0.5) is 0 Å². The molecule has 1 aliphatic rings. The van der Waals surface area contributed by atoms with E-state index in [9.17, 15) is 0 Å². The molecule has 100 valence electrons. The Morgan fingerprint density at radius 1 is 1.22 bits per heavy atom. The fourth-order valence-corrected chi connectivity index (χ4v) is 2.46. The van der Waals surface area contributed by atoms with Crippen molar-refractivity contribution in [2.75, 3.05) is 19.6 Å². The maximum absolute atomic E-state index is 5.57. The molecule has 18 heavy (non-hydrogen) atoms. The van der Waals surface area contributed by atoms with Crippen LogP contribution in [0.25, 0.3) is 0 Å². The average Bonchev–Trinajstić information content (AvgIpc) is 2.27. The number of rotatable bonds is 6. The van der Waals surface area contributed by atoms with Crippen LogP contribution in [-0.2, 0) is 6.42 Å². The van der Waals surface area contributed by atoms with Gasteiger partial charge in [0.2, 0.25) is 0 Å². The summed E-state index contributed by atoms with van der Waals surface area (Å²) in [5.41, 5.74) is 10.1. The minimum absolute atomic E-state index is 0.617. The van der Waals surface area contributed by atoms with Crippen LogP contribution in [0.2, 0.25) is 0 Å². The quantitative estimate of drug-likeness (QED) is 0.757. The first kappa shape index (κ1) is 13.6. The Morgan fingerprint density at radius 3 is 2.56 bits per heavy atom. The molecule has 0 spiro atoms. The molecule has 0 amide bonds. The third-order valence-corrected chi connectivity index (χ3v) is 3.88. The molecule has 1 heterocycles. The van der Waals surface area contributed by atoms with Crippen molar-refractivity contribution in [2.24, 2.45) is 5.73 Å². The lowest BCUT2D eigenvalue weighted by molar-refractivity contribution is 0.447. The zero-order chi connectivity index (χ0) is 13.0. The summed E-state index contributed by atoms with van der Waals surface area (Å²) in [5, 5.41) is 3.36. The van der Waals surface area contributed by atoms with Gasteiger partial charge in [-0.1, -0.05) is 32.0 Å². The van der Waals surface area contributed by atoms with Gasteiger partial charge in [0.1, 0.15) is 0 Å². The van der Waals surface area contributed by atoms with E-state index in [1.807, 2.05) is 0 Å². The fraction of sp³-hybridized carbons (Fsp3) is 0.625. The maximum Gasteiger partial charge on any atom is 0.00887 e. The molecule has 1 aromatic rings. The number of nitrogens with two attached hydrogens (primary N) is 1. The van der Waals surface area contributed by atoms with Gasteiger partial charge in [-0.05, 0) is 48.4 Å². The molecule has 0 aliphatic carbocycles. The SMILES string of the molecule is CC(C)c1cc(CCCCN)cc(C2CNC2)c1. The summed E-state index contributed by atoms with van der Waals surface area (Å²) in [6.07, 6.45) is 3.51. The van der Waals surface area contributed by atoms with E-state index in [0.29, 0.717) is 5.92 Å². The molecule has 1 fully saturated rings. The van der Waals surface area contributed by atoms with Gasteiger partial charge in [0.25, 0.3) is 0 Å². The topological polar surface area (TPSA) is 38.0 Å². The van der Waals surface area contributed by atoms with Crippen molar-refractivity contribution >= 4 is 0 Å². The Balaban J connectivity index is 2.13. The Bertz CT molecular complexity index is 381. The van der Waals surface area contributed by atoms with Crippen LogP contribution in [0.15, 0.2) is 18.2 Å². The van der Waals surface area contributed by atoms with Crippen LogP contribution < -0.4 is 11.1 Å². The summed E-state index contributed by atoms with van der Waals surface area (Å²) in [5.74, 6) is 1.35. The van der Waals surface area contributed by atoms with Crippen LogP contribution in [0, 0.1) is 0 Å². The molecular weight excluding hydrogens is 220 g/mol. The molecule has 0 unspecified atom stereocenters. The molecule has 1 aliphatic heterocycles. The highest BCUT2D eigenvalue weighted by Crippen LogP contribution is 2.26. The molecule has 2 rings (SSSR count). The lowest BCUT2D eigenvalue weighted by atomic mass is 9.87. The van der Waals surface area contributed by atoms with Gasteiger partial charge in [0.05, 0.1) is 0 Å². The summed E-state index contributed by atoms with van der Waals surface area (Å²) >= 11 is 0. The van der Waals surface area contributed by atoms with Gasteiger partial charge in [0, 0.05) is 19.0 Å². The standard InChI is InChI=1S/C16H26N2/c1-12(2)14-7-13(5-3-4-6-17)8-15(9-14)16-10-18-11-16/h7-9,12,16,18H,3-6,10-11,17H2,1-2H3. The van der Waals surface area contributed by atoms with Crippen LogP contribution in [-0.4, -0.2) is 19.6 Å². The van der Waals surface area contributed by atoms with Crippen molar-refractivity contribution in [2.45, 2.75) is 44.9 Å². The Morgan fingerprint density at radius 2 is 2.00 bits per heavy atom. The Kier molecular flexibility index (Phi) is 4.79.